The molecular formula is C21H30N6O2. The summed E-state index contributed by atoms with van der Waals surface area (Å²) in [6.07, 6.45) is 0.801. The molecule has 0 saturated carbocycles. The van der Waals surface area contributed by atoms with E-state index in [1.165, 1.54) is 0 Å². The lowest BCUT2D eigenvalue weighted by Gasteiger charge is -2.29. The number of hydrogen-bond donors (Lipinski definition) is 2. The molecule has 156 valence electrons. The van der Waals surface area contributed by atoms with Gasteiger partial charge in [-0.25, -0.2) is 4.99 Å². The summed E-state index contributed by atoms with van der Waals surface area (Å²) in [6, 6.07) is 7.65. The van der Waals surface area contributed by atoms with Crippen LogP contribution in [-0.2, 0) is 18.4 Å². The topological polar surface area (TPSA) is 83.8 Å². The minimum atomic E-state index is -0.00759. The zero-order valence-electron chi connectivity index (χ0n) is 17.7. The summed E-state index contributed by atoms with van der Waals surface area (Å²) in [4.78, 5) is 18.7. The molecule has 2 heterocycles. The normalized spacial score (nSPS) is 13.9. The lowest BCUT2D eigenvalue weighted by Crippen LogP contribution is -2.42. The van der Waals surface area contributed by atoms with Gasteiger partial charge in [0.2, 0.25) is 0 Å². The van der Waals surface area contributed by atoms with Crippen LogP contribution in [0.2, 0.25) is 0 Å². The van der Waals surface area contributed by atoms with E-state index in [4.69, 9.17) is 9.73 Å². The van der Waals surface area contributed by atoms with Crippen LogP contribution in [0.5, 0.6) is 5.75 Å². The maximum Gasteiger partial charge on any atom is 0.265 e. The number of fused-ring (bicyclic) bond motifs is 1. The van der Waals surface area contributed by atoms with E-state index in [0.717, 1.165) is 47.3 Å². The average Bonchev–Trinajstić information content (AvgIpc) is 2.96. The number of aryl methyl sites for hydroxylation is 2. The lowest BCUT2D eigenvalue weighted by molar-refractivity contribution is -0.121. The first-order valence-corrected chi connectivity index (χ1v) is 10.0. The number of carbonyl (C=O) groups excluding carboxylic acids is 1. The van der Waals surface area contributed by atoms with Gasteiger partial charge in [-0.1, -0.05) is 12.1 Å². The Balaban J connectivity index is 1.55. The predicted octanol–water partition coefficient (Wildman–Crippen LogP) is 1.91. The van der Waals surface area contributed by atoms with Crippen molar-refractivity contribution in [2.45, 2.75) is 33.7 Å². The van der Waals surface area contributed by atoms with Crippen LogP contribution in [0.25, 0.3) is 0 Å². The highest BCUT2D eigenvalue weighted by atomic mass is 16.5. The SMILES string of the molecule is CCNC(=NCc1c(C)nn(C)c1C)NCCCN1C(=O)COc2ccccc21. The van der Waals surface area contributed by atoms with E-state index in [9.17, 15) is 4.79 Å². The fraction of sp³-hybridized carbons (Fsp3) is 0.476. The molecule has 8 nitrogen and oxygen atoms in total. The summed E-state index contributed by atoms with van der Waals surface area (Å²) in [5.41, 5.74) is 4.13. The van der Waals surface area contributed by atoms with Gasteiger partial charge in [0, 0.05) is 37.9 Å². The van der Waals surface area contributed by atoms with E-state index in [2.05, 4.69) is 22.7 Å². The third-order valence-corrected chi connectivity index (χ3v) is 5.06. The molecule has 8 heteroatoms. The fourth-order valence-electron chi connectivity index (χ4n) is 3.39. The van der Waals surface area contributed by atoms with Gasteiger partial charge < -0.3 is 20.3 Å². The molecule has 0 spiro atoms. The molecule has 0 bridgehead atoms. The summed E-state index contributed by atoms with van der Waals surface area (Å²) >= 11 is 0. The Hall–Kier alpha value is -3.03. The zero-order valence-corrected chi connectivity index (χ0v) is 17.7. The van der Waals surface area contributed by atoms with Crippen molar-refractivity contribution in [1.82, 2.24) is 20.4 Å². The number of guanidine groups is 1. The maximum atomic E-state index is 12.2. The number of para-hydroxylation sites is 2. The molecule has 1 aliphatic heterocycles. The Bertz CT molecular complexity index is 889. The first-order valence-electron chi connectivity index (χ1n) is 10.0. The van der Waals surface area contributed by atoms with Gasteiger partial charge in [-0.3, -0.25) is 9.48 Å². The van der Waals surface area contributed by atoms with E-state index < -0.39 is 0 Å². The van der Waals surface area contributed by atoms with Crippen molar-refractivity contribution in [3.63, 3.8) is 0 Å². The smallest absolute Gasteiger partial charge is 0.265 e. The Morgan fingerprint density at radius 2 is 2.07 bits per heavy atom. The maximum absolute atomic E-state index is 12.2. The van der Waals surface area contributed by atoms with Gasteiger partial charge >= 0.3 is 0 Å². The Morgan fingerprint density at radius 1 is 1.28 bits per heavy atom. The minimum absolute atomic E-state index is 0.00759. The molecule has 1 aromatic heterocycles. The van der Waals surface area contributed by atoms with Gasteiger partial charge in [-0.2, -0.15) is 5.10 Å². The molecule has 1 aliphatic rings. The average molecular weight is 399 g/mol. The third-order valence-electron chi connectivity index (χ3n) is 5.06. The number of benzene rings is 1. The molecule has 0 saturated heterocycles. The number of amides is 1. The fourth-order valence-corrected chi connectivity index (χ4v) is 3.39. The van der Waals surface area contributed by atoms with Gasteiger partial charge in [0.25, 0.3) is 5.91 Å². The number of rotatable bonds is 7. The van der Waals surface area contributed by atoms with E-state index in [1.807, 2.05) is 49.8 Å². The summed E-state index contributed by atoms with van der Waals surface area (Å²) in [7, 11) is 1.95. The molecule has 29 heavy (non-hydrogen) atoms. The second kappa shape index (κ2) is 9.45. The molecule has 0 radical (unpaired) electrons. The number of nitrogens with one attached hydrogen (secondary N) is 2. The number of hydrogen-bond acceptors (Lipinski definition) is 4. The highest BCUT2D eigenvalue weighted by Gasteiger charge is 2.24. The van der Waals surface area contributed by atoms with Crippen molar-refractivity contribution in [1.29, 1.82) is 0 Å². The van der Waals surface area contributed by atoms with E-state index in [0.29, 0.717) is 19.6 Å². The van der Waals surface area contributed by atoms with Crippen LogP contribution < -0.4 is 20.3 Å². The Morgan fingerprint density at radius 3 is 2.79 bits per heavy atom. The van der Waals surface area contributed by atoms with Gasteiger partial charge in [0.1, 0.15) is 5.75 Å². The van der Waals surface area contributed by atoms with Crippen LogP contribution in [0.4, 0.5) is 5.69 Å². The van der Waals surface area contributed by atoms with Crippen LogP contribution in [0.1, 0.15) is 30.3 Å². The number of aromatic nitrogens is 2. The van der Waals surface area contributed by atoms with Gasteiger partial charge in [0.15, 0.2) is 12.6 Å². The van der Waals surface area contributed by atoms with Crippen molar-refractivity contribution < 1.29 is 9.53 Å². The number of ether oxygens (including phenoxy) is 1. The largest absolute Gasteiger partial charge is 0.482 e. The second-order valence-electron chi connectivity index (χ2n) is 7.05. The third kappa shape index (κ3) is 4.88. The molecule has 0 atom stereocenters. The van der Waals surface area contributed by atoms with Crippen LogP contribution in [0.3, 0.4) is 0 Å². The number of carbonyl (C=O) groups is 1. The van der Waals surface area contributed by atoms with Crippen molar-refractivity contribution >= 4 is 17.6 Å². The molecule has 1 amide bonds. The van der Waals surface area contributed by atoms with E-state index in [-0.39, 0.29) is 12.5 Å². The summed E-state index contributed by atoms with van der Waals surface area (Å²) in [5, 5.41) is 11.1. The predicted molar refractivity (Wildman–Crippen MR) is 114 cm³/mol. The molecule has 3 rings (SSSR count). The van der Waals surface area contributed by atoms with Crippen LogP contribution in [0.15, 0.2) is 29.3 Å². The molecule has 2 aromatic rings. The Labute approximate surface area is 171 Å². The first-order chi connectivity index (χ1) is 14.0. The monoisotopic (exact) mass is 398 g/mol. The highest BCUT2D eigenvalue weighted by Crippen LogP contribution is 2.31. The lowest BCUT2D eigenvalue weighted by atomic mass is 10.2. The van der Waals surface area contributed by atoms with Gasteiger partial charge in [-0.15, -0.1) is 0 Å². The Kier molecular flexibility index (Phi) is 6.74. The standard InChI is InChI=1S/C21H30N6O2/c1-5-22-21(24-13-17-15(2)25-26(4)16(17)3)23-11-8-12-27-18-9-6-7-10-19(18)29-14-20(27)28/h6-7,9-10H,5,8,11-14H2,1-4H3,(H2,22,23,24). The second-order valence-corrected chi connectivity index (χ2v) is 7.05. The zero-order chi connectivity index (χ0) is 20.8. The number of anilines is 1. The molecule has 1 aromatic carbocycles. The van der Waals surface area contributed by atoms with Crippen molar-refractivity contribution in [2.24, 2.45) is 12.0 Å². The van der Waals surface area contributed by atoms with Crippen LogP contribution >= 0.6 is 0 Å². The number of aliphatic imine (C=N–C) groups is 1. The van der Waals surface area contributed by atoms with Crippen molar-refractivity contribution in [2.75, 3.05) is 31.1 Å². The minimum Gasteiger partial charge on any atom is -0.482 e. The molecule has 0 fully saturated rings. The summed E-state index contributed by atoms with van der Waals surface area (Å²) in [6.45, 7) is 8.91. The van der Waals surface area contributed by atoms with Gasteiger partial charge in [-0.05, 0) is 39.3 Å². The molecular weight excluding hydrogens is 368 g/mol. The van der Waals surface area contributed by atoms with Crippen LogP contribution in [-0.4, -0.2) is 47.9 Å². The molecule has 0 unspecified atom stereocenters. The first kappa shape index (κ1) is 20.7. The van der Waals surface area contributed by atoms with Crippen molar-refractivity contribution in [3.05, 3.63) is 41.2 Å². The molecule has 0 aliphatic carbocycles. The quantitative estimate of drug-likeness (QED) is 0.423. The molecule has 2 N–H and O–H groups in total. The number of nitrogens with zero attached hydrogens (tertiary/aromatic N) is 4. The highest BCUT2D eigenvalue weighted by molar-refractivity contribution is 5.97. The van der Waals surface area contributed by atoms with Crippen molar-refractivity contribution in [3.8, 4) is 5.75 Å². The van der Waals surface area contributed by atoms with E-state index >= 15 is 0 Å². The van der Waals surface area contributed by atoms with E-state index in [1.54, 1.807) is 4.90 Å². The summed E-state index contributed by atoms with van der Waals surface area (Å²) < 4.78 is 7.38. The van der Waals surface area contributed by atoms with Gasteiger partial charge in [0.05, 0.1) is 17.9 Å². The summed E-state index contributed by atoms with van der Waals surface area (Å²) in [5.74, 6) is 1.52. The van der Waals surface area contributed by atoms with Crippen LogP contribution in [0, 0.1) is 13.8 Å².